The lowest BCUT2D eigenvalue weighted by molar-refractivity contribution is -0.114. The van der Waals surface area contributed by atoms with Crippen LogP contribution in [0.5, 0.6) is 0 Å². The first-order valence-electron chi connectivity index (χ1n) is 10.5. The van der Waals surface area contributed by atoms with Crippen LogP contribution in [0.3, 0.4) is 0 Å². The molecule has 8 nitrogen and oxygen atoms in total. The first kappa shape index (κ1) is 21.3. The fourth-order valence-electron chi connectivity index (χ4n) is 4.50. The van der Waals surface area contributed by atoms with Gasteiger partial charge in [-0.2, -0.15) is 0 Å². The largest absolute Gasteiger partial charge is 0.373 e. The Bertz CT molecular complexity index is 1270. The molecule has 0 bridgehead atoms. The molecular formula is C22H24N4O4S2. The summed E-state index contributed by atoms with van der Waals surface area (Å²) in [5.74, 6) is -0.423. The van der Waals surface area contributed by atoms with Crippen LogP contribution >= 0.6 is 11.3 Å². The van der Waals surface area contributed by atoms with E-state index >= 15 is 0 Å². The number of thiazole rings is 1. The van der Waals surface area contributed by atoms with Crippen molar-refractivity contribution in [2.75, 3.05) is 29.3 Å². The number of carbonyl (C=O) groups is 1. The van der Waals surface area contributed by atoms with Crippen LogP contribution in [0.25, 0.3) is 10.8 Å². The molecule has 10 heteroatoms. The van der Waals surface area contributed by atoms with Crippen molar-refractivity contribution in [3.05, 3.63) is 47.5 Å². The van der Waals surface area contributed by atoms with E-state index < -0.39 is 15.9 Å². The van der Waals surface area contributed by atoms with E-state index in [0.717, 1.165) is 24.2 Å². The Morgan fingerprint density at radius 1 is 1.19 bits per heavy atom. The number of hydrogen-bond acceptors (Lipinski definition) is 7. The number of morpholine rings is 1. The number of nitrogens with zero attached hydrogens (tertiary/aromatic N) is 3. The van der Waals surface area contributed by atoms with Gasteiger partial charge < -0.3 is 10.1 Å². The molecule has 1 aromatic heterocycles. The second kappa shape index (κ2) is 8.11. The molecule has 0 aliphatic carbocycles. The van der Waals surface area contributed by atoms with E-state index in [2.05, 4.69) is 29.0 Å². The molecule has 0 radical (unpaired) electrons. The summed E-state index contributed by atoms with van der Waals surface area (Å²) in [6.45, 7) is 6.16. The van der Waals surface area contributed by atoms with E-state index in [1.807, 2.05) is 17.5 Å². The van der Waals surface area contributed by atoms with E-state index in [-0.39, 0.29) is 23.6 Å². The predicted molar refractivity (Wildman–Crippen MR) is 125 cm³/mol. The Labute approximate surface area is 190 Å². The number of amides is 1. The van der Waals surface area contributed by atoms with Gasteiger partial charge in [-0.05, 0) is 31.4 Å². The summed E-state index contributed by atoms with van der Waals surface area (Å²) in [6.07, 6.45) is 0.347. The smallest absolute Gasteiger partial charge is 0.265 e. The minimum Gasteiger partial charge on any atom is -0.373 e. The van der Waals surface area contributed by atoms with Gasteiger partial charge in [-0.25, -0.2) is 13.4 Å². The van der Waals surface area contributed by atoms with Gasteiger partial charge in [0.15, 0.2) is 5.13 Å². The lowest BCUT2D eigenvalue weighted by Crippen LogP contribution is -2.44. The van der Waals surface area contributed by atoms with E-state index in [0.29, 0.717) is 22.7 Å². The molecule has 0 spiro atoms. The molecule has 1 fully saturated rings. The zero-order valence-electron chi connectivity index (χ0n) is 17.8. The third-order valence-electron chi connectivity index (χ3n) is 5.65. The molecule has 2 aromatic carbocycles. The highest BCUT2D eigenvalue weighted by Crippen LogP contribution is 2.41. The van der Waals surface area contributed by atoms with Crippen molar-refractivity contribution < 1.29 is 17.9 Å². The number of anilines is 2. The number of carbonyl (C=O) groups excluding carboxylic acids is 1. The van der Waals surface area contributed by atoms with Gasteiger partial charge in [-0.15, -0.1) is 11.3 Å². The number of sulfonamides is 1. The van der Waals surface area contributed by atoms with E-state index in [9.17, 15) is 13.2 Å². The molecular weight excluding hydrogens is 448 g/mol. The highest BCUT2D eigenvalue weighted by atomic mass is 32.2. The van der Waals surface area contributed by atoms with Crippen LogP contribution in [0.15, 0.2) is 46.7 Å². The quantitative estimate of drug-likeness (QED) is 0.614. The van der Waals surface area contributed by atoms with Crippen molar-refractivity contribution in [1.29, 1.82) is 0 Å². The third-order valence-corrected chi connectivity index (χ3v) is 8.26. The van der Waals surface area contributed by atoms with Crippen molar-refractivity contribution in [3.63, 3.8) is 0 Å². The summed E-state index contributed by atoms with van der Waals surface area (Å²) in [7, 11) is -3.77. The topological polar surface area (TPSA) is 91.8 Å². The Kier molecular flexibility index (Phi) is 5.40. The summed E-state index contributed by atoms with van der Waals surface area (Å²) in [4.78, 5) is 19.8. The number of ether oxygens (including phenoxy) is 1. The number of aromatic nitrogens is 1. The Hall–Kier alpha value is -2.53. The summed E-state index contributed by atoms with van der Waals surface area (Å²) in [5.41, 5.74) is 1.40. The van der Waals surface area contributed by atoms with Gasteiger partial charge in [0, 0.05) is 30.4 Å². The molecule has 1 N–H and O–H groups in total. The predicted octanol–water partition coefficient (Wildman–Crippen LogP) is 3.05. The molecule has 1 saturated heterocycles. The maximum atomic E-state index is 13.0. The number of hydrogen-bond donors (Lipinski definition) is 1. The molecule has 2 atom stereocenters. The summed E-state index contributed by atoms with van der Waals surface area (Å²) in [5, 5.41) is 6.64. The van der Waals surface area contributed by atoms with E-state index in [1.165, 1.54) is 15.6 Å². The van der Waals surface area contributed by atoms with Crippen LogP contribution in [-0.2, 0) is 26.1 Å². The normalized spacial score (nSPS) is 22.4. The van der Waals surface area contributed by atoms with Gasteiger partial charge >= 0.3 is 0 Å². The first-order valence-corrected chi connectivity index (χ1v) is 12.8. The first-order chi connectivity index (χ1) is 15.3. The summed E-state index contributed by atoms with van der Waals surface area (Å²) in [6, 6.07) is 10.6. The molecule has 3 heterocycles. The van der Waals surface area contributed by atoms with Crippen LogP contribution in [-0.4, -0.2) is 56.1 Å². The van der Waals surface area contributed by atoms with Gasteiger partial charge in [0.05, 0.1) is 28.5 Å². The fraction of sp³-hybridized carbons (Fsp3) is 0.364. The Balaban J connectivity index is 1.28. The Morgan fingerprint density at radius 3 is 2.66 bits per heavy atom. The van der Waals surface area contributed by atoms with Gasteiger partial charge in [0.2, 0.25) is 5.91 Å². The molecule has 5 rings (SSSR count). The second-order valence-electron chi connectivity index (χ2n) is 8.29. The monoisotopic (exact) mass is 472 g/mol. The number of nitrogens with one attached hydrogen (secondary N) is 1. The van der Waals surface area contributed by atoms with Crippen molar-refractivity contribution in [1.82, 2.24) is 9.88 Å². The molecule has 2 aliphatic rings. The van der Waals surface area contributed by atoms with Crippen LogP contribution in [0.1, 0.15) is 19.5 Å². The second-order valence-corrected chi connectivity index (χ2v) is 11.0. The maximum Gasteiger partial charge on any atom is 0.265 e. The van der Waals surface area contributed by atoms with Crippen LogP contribution in [0.2, 0.25) is 0 Å². The molecule has 0 saturated carbocycles. The standard InChI is InChI=1S/C22H24N4O4S2/c1-14-9-25(10-15(2)30-14)11-17-13-31-22(23-17)24-20(27)12-26-18-7-3-5-16-6-4-8-19(21(16)18)32(26,28)29/h3-8,13-15H,9-12H2,1-2H3,(H,23,24,27). The molecule has 32 heavy (non-hydrogen) atoms. The van der Waals surface area contributed by atoms with E-state index in [1.54, 1.807) is 24.3 Å². The number of rotatable bonds is 5. The van der Waals surface area contributed by atoms with Crippen molar-refractivity contribution >= 4 is 48.9 Å². The average molecular weight is 473 g/mol. The highest BCUT2D eigenvalue weighted by Gasteiger charge is 2.36. The van der Waals surface area contributed by atoms with Gasteiger partial charge in [-0.1, -0.05) is 24.3 Å². The highest BCUT2D eigenvalue weighted by molar-refractivity contribution is 7.93. The molecule has 2 unspecified atom stereocenters. The molecule has 2 aliphatic heterocycles. The van der Waals surface area contributed by atoms with Crippen LogP contribution in [0, 0.1) is 0 Å². The summed E-state index contributed by atoms with van der Waals surface area (Å²) < 4.78 is 33.0. The third kappa shape index (κ3) is 3.88. The number of benzene rings is 2. The molecule has 168 valence electrons. The van der Waals surface area contributed by atoms with Gasteiger partial charge in [0.1, 0.15) is 6.54 Å². The minimum absolute atomic E-state index is 0.174. The van der Waals surface area contributed by atoms with Gasteiger partial charge in [-0.3, -0.25) is 14.0 Å². The van der Waals surface area contributed by atoms with E-state index in [4.69, 9.17) is 4.74 Å². The van der Waals surface area contributed by atoms with Crippen molar-refractivity contribution in [3.8, 4) is 0 Å². The SMILES string of the molecule is CC1CN(Cc2csc(NC(=O)CN3c4cccc5cccc(c45)S3(=O)=O)n2)CC(C)O1. The minimum atomic E-state index is -3.77. The average Bonchev–Trinajstić information content (AvgIpc) is 3.24. The molecule has 1 amide bonds. The van der Waals surface area contributed by atoms with Crippen molar-refractivity contribution in [2.45, 2.75) is 37.5 Å². The lowest BCUT2D eigenvalue weighted by Gasteiger charge is -2.34. The van der Waals surface area contributed by atoms with Crippen molar-refractivity contribution in [2.24, 2.45) is 0 Å². The zero-order valence-corrected chi connectivity index (χ0v) is 19.4. The zero-order chi connectivity index (χ0) is 22.5. The maximum absolute atomic E-state index is 13.0. The lowest BCUT2D eigenvalue weighted by atomic mass is 10.1. The van der Waals surface area contributed by atoms with Gasteiger partial charge in [0.25, 0.3) is 10.0 Å². The Morgan fingerprint density at radius 2 is 1.91 bits per heavy atom. The van der Waals surface area contributed by atoms with Crippen LogP contribution in [0.4, 0.5) is 10.8 Å². The fourth-order valence-corrected chi connectivity index (χ4v) is 6.88. The molecule has 3 aromatic rings. The summed E-state index contributed by atoms with van der Waals surface area (Å²) >= 11 is 1.34. The van der Waals surface area contributed by atoms with Crippen LogP contribution < -0.4 is 9.62 Å².